The van der Waals surface area contributed by atoms with Crippen molar-refractivity contribution >= 4 is 27.1 Å². The summed E-state index contributed by atoms with van der Waals surface area (Å²) in [5.74, 6) is 0. The van der Waals surface area contributed by atoms with Gasteiger partial charge < -0.3 is 0 Å². The van der Waals surface area contributed by atoms with Gasteiger partial charge in [0.1, 0.15) is 6.61 Å². The van der Waals surface area contributed by atoms with E-state index in [1.807, 2.05) is 13.8 Å². The molecule has 0 saturated carbocycles. The topological polar surface area (TPSA) is 86.5 Å². The van der Waals surface area contributed by atoms with Gasteiger partial charge in [-0.05, 0) is 0 Å². The Hall–Kier alpha value is -0.990. The first-order valence-electron chi connectivity index (χ1n) is 4.45. The van der Waals surface area contributed by atoms with Gasteiger partial charge >= 0.3 is 0 Å². The summed E-state index contributed by atoms with van der Waals surface area (Å²) in [4.78, 5) is 10.2. The van der Waals surface area contributed by atoms with Gasteiger partial charge in [-0.3, -0.25) is 14.3 Å². The van der Waals surface area contributed by atoms with Crippen molar-refractivity contribution in [3.05, 3.63) is 26.4 Å². The van der Waals surface area contributed by atoms with Crippen molar-refractivity contribution in [2.24, 2.45) is 0 Å². The fraction of sp³-hybridized carbons (Fsp3) is 0.500. The van der Waals surface area contributed by atoms with Gasteiger partial charge in [0.05, 0.1) is 16.6 Å². The predicted octanol–water partition coefficient (Wildman–Crippen LogP) is 2.16. The van der Waals surface area contributed by atoms with Gasteiger partial charge in [-0.1, -0.05) is 13.8 Å². The molecule has 0 aliphatic rings. The first-order chi connectivity index (χ1) is 7.38. The van der Waals surface area contributed by atoms with E-state index >= 15 is 0 Å². The molecule has 8 heteroatoms. The quantitative estimate of drug-likeness (QED) is 0.474. The van der Waals surface area contributed by atoms with Gasteiger partial charge in [-0.15, -0.1) is 11.3 Å². The molecule has 0 N–H and O–H groups in total. The lowest BCUT2D eigenvalue weighted by Crippen LogP contribution is -2.01. The van der Waals surface area contributed by atoms with E-state index in [4.69, 9.17) is 0 Å². The molecule has 0 aromatic carbocycles. The van der Waals surface area contributed by atoms with E-state index in [1.54, 1.807) is 0 Å². The second-order valence-corrected chi connectivity index (χ2v) is 5.13. The maximum Gasteiger partial charge on any atom is 0.280 e. The Morgan fingerprint density at radius 3 is 2.44 bits per heavy atom. The highest BCUT2D eigenvalue weighted by atomic mass is 32.2. The molecule has 1 heterocycles. The molecule has 1 aromatic rings. The predicted molar refractivity (Wildman–Crippen MR) is 62.0 cm³/mol. The molecule has 0 bridgehead atoms. The van der Waals surface area contributed by atoms with Crippen LogP contribution in [0.1, 0.15) is 18.7 Å². The molecule has 1 aromatic heterocycles. The van der Waals surface area contributed by atoms with Crippen molar-refractivity contribution in [2.45, 2.75) is 20.5 Å². The van der Waals surface area contributed by atoms with Crippen LogP contribution in [0.3, 0.4) is 0 Å². The number of hydrogen-bond acceptors (Lipinski definition) is 6. The number of nitro groups is 1. The number of rotatable bonds is 4. The van der Waals surface area contributed by atoms with Crippen molar-refractivity contribution in [3.8, 4) is 0 Å². The number of hydrogen-bond donors (Lipinski definition) is 0. The van der Waals surface area contributed by atoms with Crippen LogP contribution in [0.5, 0.6) is 0 Å². The zero-order valence-corrected chi connectivity index (χ0v) is 10.8. The third-order valence-electron chi connectivity index (χ3n) is 1.27. The second kappa shape index (κ2) is 6.56. The van der Waals surface area contributed by atoms with Gasteiger partial charge in [-0.2, -0.15) is 8.42 Å². The Morgan fingerprint density at radius 2 is 2.06 bits per heavy atom. The van der Waals surface area contributed by atoms with E-state index in [2.05, 4.69) is 4.18 Å². The van der Waals surface area contributed by atoms with Gasteiger partial charge in [0.25, 0.3) is 15.8 Å². The summed E-state index contributed by atoms with van der Waals surface area (Å²) >= 11 is 1.09. The Morgan fingerprint density at radius 1 is 1.50 bits per heavy atom. The van der Waals surface area contributed by atoms with Crippen LogP contribution in [-0.4, -0.2) is 19.6 Å². The monoisotopic (exact) mass is 267 g/mol. The maximum absolute atomic E-state index is 10.6. The largest absolute Gasteiger partial charge is 0.280 e. The molecular formula is C8H13NO5S2. The molecule has 16 heavy (non-hydrogen) atoms. The molecule has 0 saturated heterocycles. The van der Waals surface area contributed by atoms with Crippen LogP contribution in [0.25, 0.3) is 0 Å². The minimum Gasteiger partial charge on any atom is -0.265 e. The SMILES string of the molecule is CC.CS(=O)(=O)OCc1cc([N+](=O)[O-])cs1. The Balaban J connectivity index is 0.00000106. The second-order valence-electron chi connectivity index (χ2n) is 2.49. The summed E-state index contributed by atoms with van der Waals surface area (Å²) in [6.07, 6.45) is 0.926. The molecule has 0 fully saturated rings. The van der Waals surface area contributed by atoms with Crippen molar-refractivity contribution in [1.82, 2.24) is 0 Å². The summed E-state index contributed by atoms with van der Waals surface area (Å²) in [7, 11) is -3.50. The molecule has 6 nitrogen and oxygen atoms in total. The zero-order valence-electron chi connectivity index (χ0n) is 9.17. The first-order valence-corrected chi connectivity index (χ1v) is 7.14. The average molecular weight is 267 g/mol. The lowest BCUT2D eigenvalue weighted by atomic mass is 10.4. The smallest absolute Gasteiger partial charge is 0.265 e. The van der Waals surface area contributed by atoms with Crippen LogP contribution in [0.2, 0.25) is 0 Å². The minimum atomic E-state index is -3.50. The fourth-order valence-corrected chi connectivity index (χ4v) is 1.86. The normalized spacial score (nSPS) is 10.4. The lowest BCUT2D eigenvalue weighted by Gasteiger charge is -1.96. The maximum atomic E-state index is 10.6. The van der Waals surface area contributed by atoms with E-state index in [0.717, 1.165) is 17.6 Å². The Bertz CT molecular complexity index is 437. The van der Waals surface area contributed by atoms with Crippen LogP contribution >= 0.6 is 11.3 Å². The van der Waals surface area contributed by atoms with Crippen LogP contribution in [0.4, 0.5) is 5.69 Å². The summed E-state index contributed by atoms with van der Waals surface area (Å²) in [5.41, 5.74) is -0.0536. The summed E-state index contributed by atoms with van der Waals surface area (Å²) in [6, 6.07) is 1.29. The molecule has 0 unspecified atom stereocenters. The van der Waals surface area contributed by atoms with E-state index in [0.29, 0.717) is 4.88 Å². The highest BCUT2D eigenvalue weighted by molar-refractivity contribution is 7.85. The Kier molecular flexibility index (Phi) is 6.16. The number of thiophene rings is 1. The van der Waals surface area contributed by atoms with Crippen molar-refractivity contribution in [3.63, 3.8) is 0 Å². The van der Waals surface area contributed by atoms with E-state index in [-0.39, 0.29) is 12.3 Å². The highest BCUT2D eigenvalue weighted by Gasteiger charge is 2.10. The molecule has 0 radical (unpaired) electrons. The molecule has 0 aliphatic heterocycles. The molecular weight excluding hydrogens is 254 g/mol. The third-order valence-corrected chi connectivity index (χ3v) is 2.71. The van der Waals surface area contributed by atoms with Crippen LogP contribution in [0.15, 0.2) is 11.4 Å². The van der Waals surface area contributed by atoms with Crippen molar-refractivity contribution in [2.75, 3.05) is 6.26 Å². The van der Waals surface area contributed by atoms with E-state index < -0.39 is 15.0 Å². The molecule has 0 aliphatic carbocycles. The van der Waals surface area contributed by atoms with Crippen molar-refractivity contribution in [1.29, 1.82) is 0 Å². The molecule has 1 rings (SSSR count). The van der Waals surface area contributed by atoms with Crippen LogP contribution < -0.4 is 0 Å². The molecule has 0 amide bonds. The van der Waals surface area contributed by atoms with Gasteiger partial charge in [0.2, 0.25) is 0 Å². The van der Waals surface area contributed by atoms with Gasteiger partial charge in [0, 0.05) is 10.9 Å². The lowest BCUT2D eigenvalue weighted by molar-refractivity contribution is -0.384. The first kappa shape index (κ1) is 15.0. The fourth-order valence-electron chi connectivity index (χ4n) is 0.706. The van der Waals surface area contributed by atoms with E-state index in [9.17, 15) is 18.5 Å². The van der Waals surface area contributed by atoms with Gasteiger partial charge in [-0.25, -0.2) is 0 Å². The van der Waals surface area contributed by atoms with E-state index in [1.165, 1.54) is 11.4 Å². The van der Waals surface area contributed by atoms with Gasteiger partial charge in [0.15, 0.2) is 0 Å². The Labute approximate surface area is 98.1 Å². The summed E-state index contributed by atoms with van der Waals surface area (Å²) in [6.45, 7) is 3.84. The summed E-state index contributed by atoms with van der Waals surface area (Å²) in [5, 5.41) is 11.6. The average Bonchev–Trinajstić information content (AvgIpc) is 2.65. The third kappa shape index (κ3) is 5.79. The van der Waals surface area contributed by atoms with Crippen LogP contribution in [-0.2, 0) is 20.9 Å². The molecule has 0 atom stereocenters. The zero-order chi connectivity index (χ0) is 12.8. The number of nitrogens with zero attached hydrogens (tertiary/aromatic N) is 1. The minimum absolute atomic E-state index is 0.0536. The summed E-state index contributed by atoms with van der Waals surface area (Å²) < 4.78 is 25.7. The van der Waals surface area contributed by atoms with Crippen LogP contribution in [0, 0.1) is 10.1 Å². The molecule has 92 valence electrons. The van der Waals surface area contributed by atoms with Crippen molar-refractivity contribution < 1.29 is 17.5 Å². The highest BCUT2D eigenvalue weighted by Crippen LogP contribution is 2.22. The standard InChI is InChI=1S/C6H7NO5S2.C2H6/c1-14(10,11)12-3-6-2-5(4-13-6)7(8)9;1-2/h2,4H,3H2,1H3;1-2H3. The molecule has 0 spiro atoms.